The first-order valence-corrected chi connectivity index (χ1v) is 11.6. The Kier molecular flexibility index (Phi) is 5.77. The largest absolute Gasteiger partial charge is 0.446 e. The molecule has 0 radical (unpaired) electrons. The molecule has 1 aromatic carbocycles. The van der Waals surface area contributed by atoms with Crippen LogP contribution in [0.2, 0.25) is 0 Å². The van der Waals surface area contributed by atoms with Crippen molar-refractivity contribution in [1.29, 1.82) is 0 Å². The molecule has 3 atom stereocenters. The molecule has 32 heavy (non-hydrogen) atoms. The predicted molar refractivity (Wildman–Crippen MR) is 112 cm³/mol. The molecule has 2 fully saturated rings. The van der Waals surface area contributed by atoms with Gasteiger partial charge in [-0.15, -0.1) is 0 Å². The number of alkyl carbamates (subject to hydrolysis) is 1. The van der Waals surface area contributed by atoms with Crippen molar-refractivity contribution < 1.29 is 27.1 Å². The average molecular weight is 466 g/mol. The molecule has 12 heteroatoms. The highest BCUT2D eigenvalue weighted by Gasteiger charge is 2.61. The maximum atomic E-state index is 14.2. The zero-order valence-corrected chi connectivity index (χ0v) is 18.4. The van der Waals surface area contributed by atoms with Crippen LogP contribution < -0.4 is 15.8 Å². The Bertz CT molecular complexity index is 1130. The monoisotopic (exact) mass is 465 g/mol. The summed E-state index contributed by atoms with van der Waals surface area (Å²) in [5.74, 6) is -0.659. The number of nitrogens with zero attached hydrogens (tertiary/aromatic N) is 2. The van der Waals surface area contributed by atoms with Gasteiger partial charge in [-0.3, -0.25) is 0 Å². The van der Waals surface area contributed by atoms with Crippen LogP contribution in [0, 0.1) is 11.2 Å². The van der Waals surface area contributed by atoms with E-state index in [4.69, 9.17) is 14.6 Å². The molecule has 172 valence electrons. The molecular formula is C20H24FN5O5S. The zero-order chi connectivity index (χ0) is 23.1. The minimum absolute atomic E-state index is 0.00848. The number of hydrogen-bond acceptors (Lipinski definition) is 8. The number of carbonyl (C=O) groups is 1. The molecule has 1 aromatic heterocycles. The van der Waals surface area contributed by atoms with E-state index in [-0.39, 0.29) is 40.2 Å². The van der Waals surface area contributed by atoms with Crippen LogP contribution >= 0.6 is 0 Å². The molecule has 2 unspecified atom stereocenters. The summed E-state index contributed by atoms with van der Waals surface area (Å²) in [6, 6.07) is 3.28. The van der Waals surface area contributed by atoms with Crippen LogP contribution in [0.4, 0.5) is 20.8 Å². The Morgan fingerprint density at radius 1 is 1.31 bits per heavy atom. The standard InChI is InChI=1S/C20H24FN5O5S/c1-11(2)25-19(27)31-17-7-20(17)6-16(30-10-20)12-8-23-18(24-9-12)26-15-4-3-13(5-14(15)21)32(22,28)29/h3-5,8-9,11,16-17H,6-7,10H2,1-2H3,(H,25,27)(H2,22,28,29)(H,23,24,26)/t16-,17?,20?/m0/s1. The molecule has 2 aliphatic rings. The summed E-state index contributed by atoms with van der Waals surface area (Å²) in [7, 11) is -3.99. The smallest absolute Gasteiger partial charge is 0.407 e. The van der Waals surface area contributed by atoms with E-state index in [0.717, 1.165) is 18.1 Å². The van der Waals surface area contributed by atoms with Crippen molar-refractivity contribution in [2.45, 2.75) is 49.8 Å². The summed E-state index contributed by atoms with van der Waals surface area (Å²) in [5, 5.41) is 10.4. The number of primary sulfonamides is 1. The maximum absolute atomic E-state index is 14.2. The third-order valence-corrected chi connectivity index (χ3v) is 6.40. The molecule has 1 saturated heterocycles. The summed E-state index contributed by atoms with van der Waals surface area (Å²) >= 11 is 0. The molecule has 4 N–H and O–H groups in total. The van der Waals surface area contributed by atoms with Crippen molar-refractivity contribution in [3.05, 3.63) is 42.0 Å². The van der Waals surface area contributed by atoms with E-state index >= 15 is 0 Å². The van der Waals surface area contributed by atoms with E-state index in [1.54, 1.807) is 12.4 Å². The maximum Gasteiger partial charge on any atom is 0.407 e. The third-order valence-electron chi connectivity index (χ3n) is 5.49. The Hall–Kier alpha value is -2.83. The molecule has 1 aliphatic carbocycles. The van der Waals surface area contributed by atoms with Crippen LogP contribution in [-0.4, -0.2) is 43.2 Å². The van der Waals surface area contributed by atoms with Crippen LogP contribution in [0.15, 0.2) is 35.5 Å². The van der Waals surface area contributed by atoms with Gasteiger partial charge in [0.15, 0.2) is 0 Å². The van der Waals surface area contributed by atoms with E-state index in [1.165, 1.54) is 12.1 Å². The third kappa shape index (κ3) is 4.81. The van der Waals surface area contributed by atoms with Gasteiger partial charge < -0.3 is 20.1 Å². The van der Waals surface area contributed by atoms with Gasteiger partial charge in [-0.1, -0.05) is 0 Å². The van der Waals surface area contributed by atoms with Crippen molar-refractivity contribution in [1.82, 2.24) is 15.3 Å². The molecule has 2 aromatic rings. The minimum Gasteiger partial charge on any atom is -0.446 e. The molecule has 2 heterocycles. The minimum atomic E-state index is -3.99. The van der Waals surface area contributed by atoms with Gasteiger partial charge >= 0.3 is 6.09 Å². The SMILES string of the molecule is CC(C)NC(=O)OC1CC12CO[C@H](c1cnc(Nc3ccc(S(N)(=O)=O)cc3F)nc1)C2. The first-order valence-electron chi connectivity index (χ1n) is 10.1. The molecule has 1 amide bonds. The molecule has 0 bridgehead atoms. The van der Waals surface area contributed by atoms with Gasteiger partial charge in [0, 0.05) is 29.4 Å². The molecule has 10 nitrogen and oxygen atoms in total. The van der Waals surface area contributed by atoms with Gasteiger partial charge in [0.05, 0.1) is 23.3 Å². The lowest BCUT2D eigenvalue weighted by atomic mass is 10.00. The van der Waals surface area contributed by atoms with Crippen molar-refractivity contribution in [3.63, 3.8) is 0 Å². The van der Waals surface area contributed by atoms with Gasteiger partial charge in [-0.25, -0.2) is 32.7 Å². The molecular weight excluding hydrogens is 441 g/mol. The number of rotatable bonds is 6. The fourth-order valence-electron chi connectivity index (χ4n) is 3.67. The van der Waals surface area contributed by atoms with E-state index in [1.807, 2.05) is 13.8 Å². The zero-order valence-electron chi connectivity index (χ0n) is 17.5. The first-order chi connectivity index (χ1) is 15.1. The Morgan fingerprint density at radius 2 is 2.03 bits per heavy atom. The number of ether oxygens (including phenoxy) is 2. The van der Waals surface area contributed by atoms with E-state index in [2.05, 4.69) is 20.6 Å². The van der Waals surface area contributed by atoms with Gasteiger partial charge in [-0.05, 0) is 44.9 Å². The number of hydrogen-bond donors (Lipinski definition) is 3. The fraction of sp³-hybridized carbons (Fsp3) is 0.450. The van der Waals surface area contributed by atoms with Crippen LogP contribution in [0.5, 0.6) is 0 Å². The van der Waals surface area contributed by atoms with E-state index in [0.29, 0.717) is 13.0 Å². The molecule has 1 saturated carbocycles. The number of sulfonamides is 1. The fourth-order valence-corrected chi connectivity index (χ4v) is 4.20. The predicted octanol–water partition coefficient (Wildman–Crippen LogP) is 2.36. The van der Waals surface area contributed by atoms with Gasteiger partial charge in [0.25, 0.3) is 0 Å². The molecule has 1 aliphatic heterocycles. The van der Waals surface area contributed by atoms with Crippen molar-refractivity contribution in [2.75, 3.05) is 11.9 Å². The Balaban J connectivity index is 1.36. The normalized spacial score (nSPS) is 24.5. The average Bonchev–Trinajstić information content (AvgIpc) is 3.16. The van der Waals surface area contributed by atoms with Crippen molar-refractivity contribution >= 4 is 27.8 Å². The second-order valence-electron chi connectivity index (χ2n) is 8.41. The Morgan fingerprint density at radius 3 is 2.66 bits per heavy atom. The quantitative estimate of drug-likeness (QED) is 0.589. The summed E-state index contributed by atoms with van der Waals surface area (Å²) in [6.45, 7) is 4.22. The second-order valence-corrected chi connectivity index (χ2v) is 9.98. The Labute approximate surface area is 184 Å². The van der Waals surface area contributed by atoms with Gasteiger partial charge in [0.2, 0.25) is 16.0 Å². The van der Waals surface area contributed by atoms with E-state index < -0.39 is 21.9 Å². The highest BCUT2D eigenvalue weighted by atomic mass is 32.2. The number of nitrogens with one attached hydrogen (secondary N) is 2. The van der Waals surface area contributed by atoms with Crippen molar-refractivity contribution in [3.8, 4) is 0 Å². The van der Waals surface area contributed by atoms with E-state index in [9.17, 15) is 17.6 Å². The number of aromatic nitrogens is 2. The van der Waals surface area contributed by atoms with Crippen molar-refractivity contribution in [2.24, 2.45) is 10.6 Å². The number of anilines is 2. The highest BCUT2D eigenvalue weighted by molar-refractivity contribution is 7.89. The lowest BCUT2D eigenvalue weighted by Crippen LogP contribution is -2.32. The highest BCUT2D eigenvalue weighted by Crippen LogP contribution is 2.59. The van der Waals surface area contributed by atoms with Crippen LogP contribution in [-0.2, 0) is 19.5 Å². The van der Waals surface area contributed by atoms with Crippen LogP contribution in [0.3, 0.4) is 0 Å². The summed E-state index contributed by atoms with van der Waals surface area (Å²) < 4.78 is 48.2. The summed E-state index contributed by atoms with van der Waals surface area (Å²) in [6.07, 6.45) is 3.79. The number of carbonyl (C=O) groups excluding carboxylic acids is 1. The number of nitrogens with two attached hydrogens (primary N) is 1. The van der Waals surface area contributed by atoms with Crippen LogP contribution in [0.25, 0.3) is 0 Å². The number of benzene rings is 1. The summed E-state index contributed by atoms with van der Waals surface area (Å²) in [4.78, 5) is 19.9. The lowest BCUT2D eigenvalue weighted by molar-refractivity contribution is 0.0924. The molecule has 1 spiro atoms. The second kappa shape index (κ2) is 8.26. The number of amides is 1. The number of halogens is 1. The lowest BCUT2D eigenvalue weighted by Gasteiger charge is -2.12. The summed E-state index contributed by atoms with van der Waals surface area (Å²) in [5.41, 5.74) is 0.595. The molecule has 4 rings (SSSR count). The first kappa shape index (κ1) is 22.4. The van der Waals surface area contributed by atoms with Crippen LogP contribution in [0.1, 0.15) is 38.4 Å². The van der Waals surface area contributed by atoms with Gasteiger partial charge in [-0.2, -0.15) is 0 Å². The topological polar surface area (TPSA) is 146 Å². The van der Waals surface area contributed by atoms with Gasteiger partial charge in [0.1, 0.15) is 11.9 Å².